The summed E-state index contributed by atoms with van der Waals surface area (Å²) in [5.74, 6) is 1.22. The van der Waals surface area contributed by atoms with E-state index < -0.39 is 0 Å². The zero-order valence-corrected chi connectivity index (χ0v) is 11.5. The lowest BCUT2D eigenvalue weighted by atomic mass is 9.96. The first-order valence-corrected chi connectivity index (χ1v) is 6.21. The minimum absolute atomic E-state index is 0.612. The summed E-state index contributed by atoms with van der Waals surface area (Å²) in [4.78, 5) is 0. The lowest BCUT2D eigenvalue weighted by Gasteiger charge is -2.09. The van der Waals surface area contributed by atoms with Crippen molar-refractivity contribution < 1.29 is 0 Å². The van der Waals surface area contributed by atoms with Gasteiger partial charge >= 0.3 is 0 Å². The zero-order chi connectivity index (χ0) is 12.3. The second kappa shape index (κ2) is 5.34. The molecule has 0 heterocycles. The lowest BCUT2D eigenvalue weighted by molar-refractivity contribution is 0.831. The fourth-order valence-corrected chi connectivity index (χ4v) is 1.79. The first-order chi connectivity index (χ1) is 7.45. The van der Waals surface area contributed by atoms with Crippen LogP contribution in [0, 0.1) is 11.8 Å². The Kier molecular flexibility index (Phi) is 4.35. The Morgan fingerprint density at radius 2 is 1.06 bits per heavy atom. The predicted octanol–water partition coefficient (Wildman–Crippen LogP) is 3.34. The summed E-state index contributed by atoms with van der Waals surface area (Å²) < 4.78 is 0. The van der Waals surface area contributed by atoms with Crippen LogP contribution in [-0.4, -0.2) is 0 Å². The maximum atomic E-state index is 2.26. The second-order valence-corrected chi connectivity index (χ2v) is 5.22. The van der Waals surface area contributed by atoms with E-state index in [9.17, 15) is 0 Å². The van der Waals surface area contributed by atoms with E-state index in [-0.39, 0.29) is 0 Å². The molecule has 16 heavy (non-hydrogen) atoms. The molecule has 0 aromatic heterocycles. The number of rotatable bonds is 2. The van der Waals surface area contributed by atoms with Gasteiger partial charge in [0, 0.05) is 0 Å². The average Bonchev–Trinajstić information content (AvgIpc) is 2.26. The first-order valence-electron chi connectivity index (χ1n) is 6.21. The highest BCUT2D eigenvalue weighted by Crippen LogP contribution is 2.08. The normalized spacial score (nSPS) is 15.5. The molecule has 0 aliphatic rings. The second-order valence-electron chi connectivity index (χ2n) is 5.22. The summed E-state index contributed by atoms with van der Waals surface area (Å²) in [7, 11) is 0. The van der Waals surface area contributed by atoms with E-state index in [1.807, 2.05) is 0 Å². The Labute approximate surface area is 99.7 Å². The molecule has 0 unspecified atom stereocenters. The Hall–Kier alpha value is -1.04. The Balaban J connectivity index is 3.68. The van der Waals surface area contributed by atoms with Gasteiger partial charge in [-0.1, -0.05) is 63.1 Å². The van der Waals surface area contributed by atoms with Gasteiger partial charge in [0.2, 0.25) is 0 Å². The Bertz CT molecular complexity index is 416. The van der Waals surface area contributed by atoms with Gasteiger partial charge in [0.05, 0.1) is 0 Å². The Morgan fingerprint density at radius 1 is 0.750 bits per heavy atom. The maximum Gasteiger partial charge on any atom is -0.0193 e. The number of hydrogen-bond donors (Lipinski definition) is 0. The van der Waals surface area contributed by atoms with E-state index in [2.05, 4.69) is 65.8 Å². The van der Waals surface area contributed by atoms with Crippen LogP contribution in [0.4, 0.5) is 0 Å². The van der Waals surface area contributed by atoms with Crippen LogP contribution in [-0.2, 0) is 0 Å². The molecule has 1 aromatic carbocycles. The van der Waals surface area contributed by atoms with Crippen molar-refractivity contribution in [2.45, 2.75) is 41.5 Å². The van der Waals surface area contributed by atoms with Crippen LogP contribution in [0.15, 0.2) is 24.3 Å². The molecule has 88 valence electrons. The molecule has 0 aliphatic carbocycles. The van der Waals surface area contributed by atoms with Crippen LogP contribution in [0.1, 0.15) is 41.5 Å². The van der Waals surface area contributed by atoms with Gasteiger partial charge in [-0.25, -0.2) is 0 Å². The molecule has 0 radical (unpaired) electrons. The van der Waals surface area contributed by atoms with Crippen LogP contribution < -0.4 is 10.4 Å². The van der Waals surface area contributed by atoms with Crippen molar-refractivity contribution in [3.8, 4) is 0 Å². The third kappa shape index (κ3) is 2.75. The maximum absolute atomic E-state index is 2.26. The largest absolute Gasteiger partial charge is 0.0629 e. The molecule has 0 saturated carbocycles. The van der Waals surface area contributed by atoms with Crippen molar-refractivity contribution >= 4 is 11.1 Å². The molecule has 0 bridgehead atoms. The van der Waals surface area contributed by atoms with E-state index in [4.69, 9.17) is 0 Å². The van der Waals surface area contributed by atoms with Crippen LogP contribution in [0.5, 0.6) is 0 Å². The fourth-order valence-electron chi connectivity index (χ4n) is 1.79. The van der Waals surface area contributed by atoms with Gasteiger partial charge in [-0.2, -0.15) is 0 Å². The van der Waals surface area contributed by atoms with Gasteiger partial charge < -0.3 is 0 Å². The predicted molar refractivity (Wildman–Crippen MR) is 73.5 cm³/mol. The van der Waals surface area contributed by atoms with Crippen molar-refractivity contribution in [3.05, 3.63) is 34.7 Å². The molecule has 0 N–H and O–H groups in total. The topological polar surface area (TPSA) is 0 Å². The van der Waals surface area contributed by atoms with E-state index in [0.717, 1.165) is 0 Å². The van der Waals surface area contributed by atoms with E-state index in [1.54, 1.807) is 0 Å². The van der Waals surface area contributed by atoms with Crippen LogP contribution in [0.2, 0.25) is 0 Å². The summed E-state index contributed by atoms with van der Waals surface area (Å²) in [6.45, 7) is 13.5. The minimum Gasteiger partial charge on any atom is -0.0629 e. The molecule has 1 rings (SSSR count). The molecule has 0 aliphatic heterocycles. The van der Waals surface area contributed by atoms with E-state index in [1.165, 1.54) is 21.6 Å². The Morgan fingerprint density at radius 3 is 1.31 bits per heavy atom. The van der Waals surface area contributed by atoms with Gasteiger partial charge in [0.15, 0.2) is 0 Å². The summed E-state index contributed by atoms with van der Waals surface area (Å²) in [6.07, 6.45) is 0. The average molecular weight is 216 g/mol. The van der Waals surface area contributed by atoms with Gasteiger partial charge in [-0.15, -0.1) is 0 Å². The first kappa shape index (κ1) is 13.0. The van der Waals surface area contributed by atoms with Gasteiger partial charge in [0.1, 0.15) is 0 Å². The molecule has 0 fully saturated rings. The van der Waals surface area contributed by atoms with Crippen molar-refractivity contribution in [2.24, 2.45) is 11.8 Å². The van der Waals surface area contributed by atoms with Gasteiger partial charge in [0.25, 0.3) is 0 Å². The molecule has 0 heteroatoms. The molecule has 1 aromatic rings. The minimum atomic E-state index is 0.612. The highest BCUT2D eigenvalue weighted by atomic mass is 14.1. The molecule has 0 saturated heterocycles. The standard InChI is InChI=1S/C16H24/c1-11(2)13(5)15-9-7-8-10-16(15)14(6)12(3)4/h7-12H,1-6H3. The molecular weight excluding hydrogens is 192 g/mol. The smallest absolute Gasteiger partial charge is 0.0193 e. The lowest BCUT2D eigenvalue weighted by Crippen LogP contribution is -2.30. The van der Waals surface area contributed by atoms with Crippen LogP contribution >= 0.6 is 0 Å². The van der Waals surface area contributed by atoms with Crippen molar-refractivity contribution in [3.63, 3.8) is 0 Å². The fraction of sp³-hybridized carbons (Fsp3) is 0.500. The van der Waals surface area contributed by atoms with Gasteiger partial charge in [-0.05, 0) is 36.1 Å². The van der Waals surface area contributed by atoms with Crippen molar-refractivity contribution in [1.82, 2.24) is 0 Å². The van der Waals surface area contributed by atoms with Crippen LogP contribution in [0.3, 0.4) is 0 Å². The third-order valence-corrected chi connectivity index (χ3v) is 3.51. The molecule has 0 spiro atoms. The van der Waals surface area contributed by atoms with Gasteiger partial charge in [-0.3, -0.25) is 0 Å². The SMILES string of the molecule is CC(=c1ccccc1=C(C)C(C)C)C(C)C. The molecule has 0 amide bonds. The monoisotopic (exact) mass is 216 g/mol. The number of hydrogen-bond acceptors (Lipinski definition) is 0. The summed E-state index contributed by atoms with van der Waals surface area (Å²) in [5, 5.41) is 2.84. The van der Waals surface area contributed by atoms with E-state index >= 15 is 0 Å². The summed E-state index contributed by atoms with van der Waals surface area (Å²) >= 11 is 0. The van der Waals surface area contributed by atoms with E-state index in [0.29, 0.717) is 11.8 Å². The zero-order valence-electron chi connectivity index (χ0n) is 11.5. The molecule has 0 nitrogen and oxygen atoms in total. The summed E-state index contributed by atoms with van der Waals surface area (Å²) in [5.41, 5.74) is 2.96. The molecular formula is C16H24. The molecule has 0 atom stereocenters. The quantitative estimate of drug-likeness (QED) is 0.711. The highest BCUT2D eigenvalue weighted by Gasteiger charge is 2.02. The van der Waals surface area contributed by atoms with Crippen molar-refractivity contribution in [2.75, 3.05) is 0 Å². The third-order valence-electron chi connectivity index (χ3n) is 3.51. The van der Waals surface area contributed by atoms with Crippen LogP contribution in [0.25, 0.3) is 11.1 Å². The van der Waals surface area contributed by atoms with Crippen molar-refractivity contribution in [1.29, 1.82) is 0 Å². The number of benzene rings is 1. The summed E-state index contributed by atoms with van der Waals surface area (Å²) in [6, 6.07) is 8.77. The highest BCUT2D eigenvalue weighted by molar-refractivity contribution is 5.50.